The minimum Gasteiger partial charge on any atom is -0.464 e. The van der Waals surface area contributed by atoms with Crippen LogP contribution in [0.2, 0.25) is 0 Å². The second-order valence-corrected chi connectivity index (χ2v) is 25.8. The lowest BCUT2D eigenvalue weighted by atomic mass is 9.84. The number of hydrogen-bond donors (Lipinski definition) is 3. The third-order valence-corrected chi connectivity index (χ3v) is 19.3. The van der Waals surface area contributed by atoms with Gasteiger partial charge in [0.05, 0.1) is 58.8 Å². The highest BCUT2D eigenvalue weighted by Crippen LogP contribution is 2.46. The Kier molecular flexibility index (Phi) is 14.9. The van der Waals surface area contributed by atoms with Crippen molar-refractivity contribution in [2.45, 2.75) is 147 Å². The maximum atomic E-state index is 15.2. The number of hydrazine groups is 1. The molecule has 5 saturated heterocycles. The van der Waals surface area contributed by atoms with Crippen LogP contribution in [0.3, 0.4) is 0 Å². The standard InChI is InChI=1S/C58H76F3N11O6S/c1-35(77-4)49-41(25-39(28-63-49)68-22-20-67(21-23-68)38-12-13-38)51-42-27-56(2,3)34-78-55(76)43-10-7-17-72(66-43)54(75)44(26-48-64-46(30-79-48)37-11-14-47(40(42)24-37)71(51)33-58(59,60)61)65-52(73)50(36-8-5-6-9-36)69-18-15-57(31-69)16-19-70(32-57)53(74)45-29-62-45/h11,14,24-25,28,30,35-36,38,43-45,50,62,66H,5-10,12-13,15-23,26-27,29,31-34H2,1-4H3,(H,65,73)/t35-,43-,44-,45+,50-,57-/m0/s1. The molecule has 3 amide bonds. The van der Waals surface area contributed by atoms with Crippen LogP contribution in [0.25, 0.3) is 33.4 Å². The smallest absolute Gasteiger partial charge is 0.406 e. The summed E-state index contributed by atoms with van der Waals surface area (Å²) in [6.07, 6.45) is 5.95. The maximum Gasteiger partial charge on any atom is 0.406 e. The number of hydrogen-bond acceptors (Lipinski definition) is 14. The van der Waals surface area contributed by atoms with E-state index < -0.39 is 48.3 Å². The van der Waals surface area contributed by atoms with Gasteiger partial charge in [0.15, 0.2) is 0 Å². The van der Waals surface area contributed by atoms with Crippen molar-refractivity contribution in [3.05, 3.63) is 52.1 Å². The van der Waals surface area contributed by atoms with Gasteiger partial charge in [0.2, 0.25) is 11.8 Å². The molecule has 6 atom stereocenters. The number of likely N-dealkylation sites (tertiary alicyclic amines) is 2. The lowest BCUT2D eigenvalue weighted by molar-refractivity contribution is -0.155. The molecule has 12 rings (SSSR count). The van der Waals surface area contributed by atoms with Gasteiger partial charge < -0.3 is 34.5 Å². The molecule has 4 aromatic rings. The van der Waals surface area contributed by atoms with Gasteiger partial charge in [-0.3, -0.25) is 39.0 Å². The third-order valence-electron chi connectivity index (χ3n) is 18.4. The van der Waals surface area contributed by atoms with E-state index in [1.54, 1.807) is 19.2 Å². The lowest BCUT2D eigenvalue weighted by Crippen LogP contribution is -2.62. The summed E-state index contributed by atoms with van der Waals surface area (Å²) >= 11 is 1.36. The van der Waals surface area contributed by atoms with Crippen LogP contribution in [0, 0.1) is 16.7 Å². The van der Waals surface area contributed by atoms with Gasteiger partial charge in [-0.15, -0.1) is 11.3 Å². The number of rotatable bonds is 11. The molecule has 0 unspecified atom stereocenters. The SMILES string of the molecule is CO[C@@H](C)c1ncc(N2CCN(C3CC3)CC2)cc1-c1c2c3cc(ccc3n1CC(F)(F)F)-c1csc(n1)C[C@H](NC(=O)[C@H](C1CCCC1)N1CC[C@]3(CCN(C(=O)[C@H]4CN4)C3)C1)C(=O)N1CCC[C@H](N1)C(=O)OCC(C)(C)C2. The lowest BCUT2D eigenvalue weighted by Gasteiger charge is -2.37. The molecule has 79 heavy (non-hydrogen) atoms. The number of amides is 3. The summed E-state index contributed by atoms with van der Waals surface area (Å²) in [4.78, 5) is 76.6. The van der Waals surface area contributed by atoms with E-state index >= 15 is 18.0 Å². The van der Waals surface area contributed by atoms with E-state index in [1.807, 2.05) is 49.4 Å². The number of carbonyl (C=O) groups is 4. The number of pyridine rings is 1. The highest BCUT2D eigenvalue weighted by atomic mass is 32.1. The predicted molar refractivity (Wildman–Crippen MR) is 294 cm³/mol. The second kappa shape index (κ2) is 21.6. The van der Waals surface area contributed by atoms with E-state index in [2.05, 4.69) is 30.8 Å². The Labute approximate surface area is 464 Å². The monoisotopic (exact) mass is 1110 g/mol. The summed E-state index contributed by atoms with van der Waals surface area (Å²) in [6.45, 7) is 11.6. The summed E-state index contributed by atoms with van der Waals surface area (Å²) in [5.41, 5.74) is 6.89. The Morgan fingerprint density at radius 1 is 0.975 bits per heavy atom. The van der Waals surface area contributed by atoms with Crippen LogP contribution >= 0.6 is 11.3 Å². The molecule has 1 spiro atoms. The summed E-state index contributed by atoms with van der Waals surface area (Å²) in [5.74, 6) is -0.859. The summed E-state index contributed by atoms with van der Waals surface area (Å²) in [6, 6.07) is 5.64. The number of methoxy groups -OCH3 is 1. The number of alkyl halides is 3. The van der Waals surface area contributed by atoms with Crippen molar-refractivity contribution < 1.29 is 41.8 Å². The number of piperazine rings is 1. The van der Waals surface area contributed by atoms with Crippen molar-refractivity contribution in [3.63, 3.8) is 0 Å². The molecule has 6 bridgehead atoms. The van der Waals surface area contributed by atoms with Gasteiger partial charge in [-0.25, -0.2) is 10.4 Å². The van der Waals surface area contributed by atoms with Crippen molar-refractivity contribution >= 4 is 51.6 Å². The maximum absolute atomic E-state index is 15.2. The minimum atomic E-state index is -4.60. The zero-order chi connectivity index (χ0) is 55.0. The van der Waals surface area contributed by atoms with Gasteiger partial charge in [0, 0.05) is 117 Å². The normalized spacial score (nSPS) is 27.2. The molecule has 426 valence electrons. The topological polar surface area (TPSA) is 180 Å². The number of halogens is 3. The fourth-order valence-corrected chi connectivity index (χ4v) is 14.7. The average molecular weight is 1110 g/mol. The highest BCUT2D eigenvalue weighted by molar-refractivity contribution is 7.10. The number of nitrogens with one attached hydrogen (secondary N) is 3. The average Bonchev–Trinajstić information content (AvgIpc) is 4.36. The van der Waals surface area contributed by atoms with Crippen molar-refractivity contribution in [3.8, 4) is 22.5 Å². The molecule has 2 aliphatic carbocycles. The van der Waals surface area contributed by atoms with Crippen LogP contribution in [-0.4, -0.2) is 173 Å². The Hall–Kier alpha value is -5.19. The number of thiazole rings is 1. The Bertz CT molecular complexity index is 2960. The van der Waals surface area contributed by atoms with Crippen LogP contribution in [0.5, 0.6) is 0 Å². The van der Waals surface area contributed by atoms with Crippen LogP contribution in [0.1, 0.15) is 107 Å². The molecule has 17 nitrogen and oxygen atoms in total. The zero-order valence-corrected chi connectivity index (χ0v) is 46.9. The van der Waals surface area contributed by atoms with E-state index in [0.717, 1.165) is 83.5 Å². The number of carbonyl (C=O) groups excluding carboxylic acids is 4. The summed E-state index contributed by atoms with van der Waals surface area (Å²) in [5, 5.41) is 11.0. The molecule has 6 aliphatic heterocycles. The van der Waals surface area contributed by atoms with Crippen molar-refractivity contribution in [1.82, 2.24) is 50.3 Å². The van der Waals surface area contributed by atoms with Crippen LogP contribution in [0.15, 0.2) is 35.8 Å². The van der Waals surface area contributed by atoms with Gasteiger partial charge in [-0.1, -0.05) is 32.8 Å². The molecule has 1 aromatic carbocycles. The molecule has 2 saturated carbocycles. The first-order chi connectivity index (χ1) is 37.9. The number of ether oxygens (including phenoxy) is 2. The predicted octanol–water partition coefficient (Wildman–Crippen LogP) is 6.48. The van der Waals surface area contributed by atoms with Gasteiger partial charge in [0.25, 0.3) is 5.91 Å². The molecule has 21 heteroatoms. The Balaban J connectivity index is 0.910. The minimum absolute atomic E-state index is 0.0610. The molecular weight excluding hydrogens is 1040 g/mol. The van der Waals surface area contributed by atoms with Gasteiger partial charge in [-0.2, -0.15) is 13.2 Å². The van der Waals surface area contributed by atoms with E-state index in [4.69, 9.17) is 19.4 Å². The quantitative estimate of drug-likeness (QED) is 0.110. The molecule has 3 aromatic heterocycles. The fraction of sp³-hybridized carbons (Fsp3) is 0.655. The molecule has 8 aliphatic rings. The van der Waals surface area contributed by atoms with Gasteiger partial charge in [0.1, 0.15) is 18.6 Å². The molecule has 7 fully saturated rings. The number of anilines is 1. The number of cyclic esters (lactones) is 1. The van der Waals surface area contributed by atoms with E-state index in [0.29, 0.717) is 94.7 Å². The molecule has 9 heterocycles. The Morgan fingerprint density at radius 2 is 1.75 bits per heavy atom. The van der Waals surface area contributed by atoms with Crippen molar-refractivity contribution in [1.29, 1.82) is 0 Å². The van der Waals surface area contributed by atoms with Crippen molar-refractivity contribution in [2.75, 3.05) is 84.1 Å². The van der Waals surface area contributed by atoms with Crippen molar-refractivity contribution in [2.24, 2.45) is 16.7 Å². The first-order valence-electron chi connectivity index (χ1n) is 28.9. The van der Waals surface area contributed by atoms with E-state index in [1.165, 1.54) is 33.8 Å². The molecule has 0 radical (unpaired) electrons. The van der Waals surface area contributed by atoms with Crippen LogP contribution in [0.4, 0.5) is 18.9 Å². The highest BCUT2D eigenvalue weighted by Gasteiger charge is 2.51. The first-order valence-corrected chi connectivity index (χ1v) is 29.8. The van der Waals surface area contributed by atoms with Gasteiger partial charge >= 0.3 is 12.1 Å². The number of esters is 1. The molecule has 3 N–H and O–H groups in total. The fourth-order valence-electron chi connectivity index (χ4n) is 13.9. The summed E-state index contributed by atoms with van der Waals surface area (Å²) < 4.78 is 59.0. The number of nitrogens with zero attached hydrogens (tertiary/aromatic N) is 8. The largest absolute Gasteiger partial charge is 0.464 e. The van der Waals surface area contributed by atoms with Gasteiger partial charge in [-0.05, 0) is 101 Å². The van der Waals surface area contributed by atoms with E-state index in [-0.39, 0.29) is 54.5 Å². The number of benzene rings is 1. The van der Waals surface area contributed by atoms with Crippen LogP contribution in [-0.2, 0) is 48.0 Å². The zero-order valence-electron chi connectivity index (χ0n) is 46.0. The third kappa shape index (κ3) is 11.4. The Morgan fingerprint density at radius 3 is 2.48 bits per heavy atom. The molecular formula is C58H76F3N11O6S. The number of fused-ring (bicyclic) bond motifs is 6. The number of aromatic nitrogens is 3. The summed E-state index contributed by atoms with van der Waals surface area (Å²) in [7, 11) is 1.57. The van der Waals surface area contributed by atoms with E-state index in [9.17, 15) is 14.4 Å². The van der Waals surface area contributed by atoms with Crippen LogP contribution < -0.4 is 21.0 Å². The second-order valence-electron chi connectivity index (χ2n) is 24.9. The first kappa shape index (κ1) is 54.4.